The summed E-state index contributed by atoms with van der Waals surface area (Å²) >= 11 is 3.37. The zero-order chi connectivity index (χ0) is 20.4. The highest BCUT2D eigenvalue weighted by molar-refractivity contribution is 14.0. The number of rotatable bonds is 8. The van der Waals surface area contributed by atoms with E-state index in [1.807, 2.05) is 49.4 Å². The van der Waals surface area contributed by atoms with Crippen LogP contribution in [0.5, 0.6) is 11.5 Å². The molecule has 2 rings (SSSR count). The van der Waals surface area contributed by atoms with E-state index in [0.29, 0.717) is 30.5 Å². The SMILES string of the molecule is CCNC(=NCCC(=O)Nc1ccc(Br)cc1)Nc1ccc(OC)c(OC)c1.I. The number of aliphatic imine (C=N–C) groups is 1. The van der Waals surface area contributed by atoms with Crippen LogP contribution >= 0.6 is 39.9 Å². The second-order valence-corrected chi connectivity index (χ2v) is 6.68. The molecule has 7 nitrogen and oxygen atoms in total. The molecule has 158 valence electrons. The number of carbonyl (C=O) groups excluding carboxylic acids is 1. The third kappa shape index (κ3) is 8.48. The van der Waals surface area contributed by atoms with Gasteiger partial charge in [-0.1, -0.05) is 15.9 Å². The number of methoxy groups -OCH3 is 2. The summed E-state index contributed by atoms with van der Waals surface area (Å²) in [5.74, 6) is 1.77. The van der Waals surface area contributed by atoms with Gasteiger partial charge >= 0.3 is 0 Å². The number of halogens is 2. The van der Waals surface area contributed by atoms with Crippen LogP contribution in [-0.2, 0) is 4.79 Å². The number of carbonyl (C=O) groups is 1. The molecule has 2 aromatic carbocycles. The van der Waals surface area contributed by atoms with E-state index in [9.17, 15) is 4.79 Å². The molecule has 0 aromatic heterocycles. The number of anilines is 2. The van der Waals surface area contributed by atoms with Crippen molar-refractivity contribution >= 4 is 63.1 Å². The molecule has 2 aromatic rings. The van der Waals surface area contributed by atoms with Crippen LogP contribution in [0.15, 0.2) is 51.9 Å². The van der Waals surface area contributed by atoms with Crippen molar-refractivity contribution in [3.05, 3.63) is 46.9 Å². The van der Waals surface area contributed by atoms with E-state index < -0.39 is 0 Å². The van der Waals surface area contributed by atoms with Gasteiger partial charge in [-0.15, -0.1) is 24.0 Å². The smallest absolute Gasteiger partial charge is 0.226 e. The van der Waals surface area contributed by atoms with Crippen molar-refractivity contribution < 1.29 is 14.3 Å². The van der Waals surface area contributed by atoms with Crippen LogP contribution in [0.3, 0.4) is 0 Å². The van der Waals surface area contributed by atoms with E-state index in [1.54, 1.807) is 14.2 Å². The van der Waals surface area contributed by atoms with Crippen LogP contribution in [-0.4, -0.2) is 39.2 Å². The number of nitrogens with zero attached hydrogens (tertiary/aromatic N) is 1. The first-order chi connectivity index (χ1) is 13.5. The fourth-order valence-corrected chi connectivity index (χ4v) is 2.65. The van der Waals surface area contributed by atoms with Gasteiger partial charge in [0.15, 0.2) is 17.5 Å². The normalized spacial score (nSPS) is 10.6. The maximum Gasteiger partial charge on any atom is 0.226 e. The highest BCUT2D eigenvalue weighted by Gasteiger charge is 2.07. The highest BCUT2D eigenvalue weighted by Crippen LogP contribution is 2.29. The molecule has 0 saturated carbocycles. The number of hydrogen-bond donors (Lipinski definition) is 3. The van der Waals surface area contributed by atoms with Crippen LogP contribution in [0, 0.1) is 0 Å². The third-order valence-corrected chi connectivity index (χ3v) is 4.26. The summed E-state index contributed by atoms with van der Waals surface area (Å²) in [7, 11) is 3.18. The van der Waals surface area contributed by atoms with Gasteiger partial charge in [-0.3, -0.25) is 9.79 Å². The monoisotopic (exact) mass is 576 g/mol. The second kappa shape index (κ2) is 13.3. The largest absolute Gasteiger partial charge is 0.493 e. The number of hydrogen-bond acceptors (Lipinski definition) is 4. The van der Waals surface area contributed by atoms with Crippen LogP contribution in [0.1, 0.15) is 13.3 Å². The maximum absolute atomic E-state index is 12.1. The molecule has 0 aliphatic carbocycles. The third-order valence-electron chi connectivity index (χ3n) is 3.73. The Bertz CT molecular complexity index is 816. The van der Waals surface area contributed by atoms with E-state index >= 15 is 0 Å². The molecule has 0 unspecified atom stereocenters. The average Bonchev–Trinajstić information content (AvgIpc) is 2.69. The number of guanidine groups is 1. The number of benzene rings is 2. The summed E-state index contributed by atoms with van der Waals surface area (Å²) in [6, 6.07) is 13.0. The van der Waals surface area contributed by atoms with E-state index in [-0.39, 0.29) is 36.3 Å². The molecule has 1 amide bonds. The summed E-state index contributed by atoms with van der Waals surface area (Å²) in [6.07, 6.45) is 0.276. The Hall–Kier alpha value is -2.01. The molecule has 0 saturated heterocycles. The van der Waals surface area contributed by atoms with Gasteiger partial charge in [0.25, 0.3) is 0 Å². The zero-order valence-corrected chi connectivity index (χ0v) is 20.5. The molecule has 0 fully saturated rings. The quantitative estimate of drug-likeness (QED) is 0.245. The predicted molar refractivity (Wildman–Crippen MR) is 132 cm³/mol. The van der Waals surface area contributed by atoms with Gasteiger partial charge in [-0.2, -0.15) is 0 Å². The lowest BCUT2D eigenvalue weighted by molar-refractivity contribution is -0.116. The molecular weight excluding hydrogens is 551 g/mol. The molecule has 0 bridgehead atoms. The van der Waals surface area contributed by atoms with Crippen LogP contribution < -0.4 is 25.4 Å². The Balaban J connectivity index is 0.00000420. The number of ether oxygens (including phenoxy) is 2. The minimum absolute atomic E-state index is 0. The Kier molecular flexibility index (Phi) is 11.4. The van der Waals surface area contributed by atoms with Gasteiger partial charge in [0, 0.05) is 34.9 Å². The fraction of sp³-hybridized carbons (Fsp3) is 0.300. The predicted octanol–water partition coefficient (Wildman–Crippen LogP) is 4.49. The lowest BCUT2D eigenvalue weighted by atomic mass is 10.2. The van der Waals surface area contributed by atoms with E-state index in [4.69, 9.17) is 9.47 Å². The van der Waals surface area contributed by atoms with Crippen molar-refractivity contribution in [1.29, 1.82) is 0 Å². The highest BCUT2D eigenvalue weighted by atomic mass is 127. The van der Waals surface area contributed by atoms with Crippen molar-refractivity contribution in [3.63, 3.8) is 0 Å². The lowest BCUT2D eigenvalue weighted by Crippen LogP contribution is -2.31. The lowest BCUT2D eigenvalue weighted by Gasteiger charge is -2.13. The van der Waals surface area contributed by atoms with Crippen molar-refractivity contribution in [2.45, 2.75) is 13.3 Å². The van der Waals surface area contributed by atoms with Crippen molar-refractivity contribution in [2.24, 2.45) is 4.99 Å². The van der Waals surface area contributed by atoms with E-state index in [1.165, 1.54) is 0 Å². The Morgan fingerprint density at radius 1 is 1.00 bits per heavy atom. The number of nitrogens with one attached hydrogen (secondary N) is 3. The Morgan fingerprint density at radius 3 is 2.28 bits per heavy atom. The number of amides is 1. The maximum atomic E-state index is 12.1. The van der Waals surface area contributed by atoms with Crippen molar-refractivity contribution in [1.82, 2.24) is 5.32 Å². The summed E-state index contributed by atoms with van der Waals surface area (Å²) in [5, 5.41) is 9.21. The van der Waals surface area contributed by atoms with Gasteiger partial charge in [0.2, 0.25) is 5.91 Å². The fourth-order valence-electron chi connectivity index (χ4n) is 2.38. The minimum atomic E-state index is -0.0898. The summed E-state index contributed by atoms with van der Waals surface area (Å²) < 4.78 is 11.5. The summed E-state index contributed by atoms with van der Waals surface area (Å²) in [4.78, 5) is 16.5. The van der Waals surface area contributed by atoms with Gasteiger partial charge in [-0.05, 0) is 43.3 Å². The Morgan fingerprint density at radius 2 is 1.66 bits per heavy atom. The minimum Gasteiger partial charge on any atom is -0.493 e. The molecule has 0 atom stereocenters. The van der Waals surface area contributed by atoms with Gasteiger partial charge in [0.05, 0.1) is 20.8 Å². The molecule has 0 aliphatic rings. The van der Waals surface area contributed by atoms with Gasteiger partial charge in [-0.25, -0.2) is 0 Å². The van der Waals surface area contributed by atoms with Crippen LogP contribution in [0.2, 0.25) is 0 Å². The first-order valence-electron chi connectivity index (χ1n) is 8.88. The molecule has 0 heterocycles. The molecule has 0 spiro atoms. The first-order valence-corrected chi connectivity index (χ1v) is 9.67. The van der Waals surface area contributed by atoms with Gasteiger partial charge < -0.3 is 25.4 Å². The van der Waals surface area contributed by atoms with Crippen LogP contribution in [0.4, 0.5) is 11.4 Å². The molecule has 3 N–H and O–H groups in total. The van der Waals surface area contributed by atoms with Crippen molar-refractivity contribution in [3.8, 4) is 11.5 Å². The van der Waals surface area contributed by atoms with Crippen LogP contribution in [0.25, 0.3) is 0 Å². The standard InChI is InChI=1S/C20H25BrN4O3.HI/c1-4-22-20(25-16-9-10-17(27-2)18(13-16)28-3)23-12-11-19(26)24-15-7-5-14(21)6-8-15;/h5-10,13H,4,11-12H2,1-3H3,(H,24,26)(H2,22,23,25);1H. The first kappa shape index (κ1) is 25.0. The average molecular weight is 577 g/mol. The second-order valence-electron chi connectivity index (χ2n) is 5.76. The molecule has 0 aliphatic heterocycles. The molecular formula is C20H26BrIN4O3. The zero-order valence-electron chi connectivity index (χ0n) is 16.6. The molecule has 9 heteroatoms. The molecule has 0 radical (unpaired) electrons. The van der Waals surface area contributed by atoms with E-state index in [2.05, 4.69) is 36.9 Å². The molecule has 29 heavy (non-hydrogen) atoms. The summed E-state index contributed by atoms with van der Waals surface area (Å²) in [6.45, 7) is 3.03. The van der Waals surface area contributed by atoms with Crippen molar-refractivity contribution in [2.75, 3.05) is 37.9 Å². The summed E-state index contributed by atoms with van der Waals surface area (Å²) in [5.41, 5.74) is 1.56. The van der Waals surface area contributed by atoms with E-state index in [0.717, 1.165) is 15.8 Å². The van der Waals surface area contributed by atoms with Gasteiger partial charge in [0.1, 0.15) is 0 Å². The topological polar surface area (TPSA) is 84.0 Å². The Labute approximate surface area is 196 Å².